The molecular weight excluding hydrogens is 671 g/mol. The Morgan fingerprint density at radius 2 is 0.673 bits per heavy atom. The molecular formula is C51H33N3O. The molecule has 0 amide bonds. The lowest BCUT2D eigenvalue weighted by Crippen LogP contribution is -2.00. The third-order valence-electron chi connectivity index (χ3n) is 10.1. The molecule has 0 aliphatic rings. The smallest absolute Gasteiger partial charge is 0.164 e. The minimum Gasteiger partial charge on any atom is -0.456 e. The predicted molar refractivity (Wildman–Crippen MR) is 225 cm³/mol. The minimum absolute atomic E-state index is 0.578. The highest BCUT2D eigenvalue weighted by Crippen LogP contribution is 2.39. The van der Waals surface area contributed by atoms with Gasteiger partial charge in [0.15, 0.2) is 17.5 Å². The Hall–Kier alpha value is -7.43. The van der Waals surface area contributed by atoms with Crippen molar-refractivity contribution in [1.82, 2.24) is 15.0 Å². The van der Waals surface area contributed by atoms with Crippen molar-refractivity contribution in [1.29, 1.82) is 0 Å². The van der Waals surface area contributed by atoms with Crippen LogP contribution in [0.2, 0.25) is 0 Å². The van der Waals surface area contributed by atoms with Crippen LogP contribution in [-0.2, 0) is 0 Å². The minimum atomic E-state index is 0.578. The highest BCUT2D eigenvalue weighted by molar-refractivity contribution is 6.13. The fraction of sp³-hybridized carbons (Fsp3) is 0. The molecule has 0 unspecified atom stereocenters. The zero-order valence-electron chi connectivity index (χ0n) is 29.8. The van der Waals surface area contributed by atoms with Crippen LogP contribution in [0.4, 0.5) is 0 Å². The van der Waals surface area contributed by atoms with Crippen LogP contribution >= 0.6 is 0 Å². The van der Waals surface area contributed by atoms with Crippen LogP contribution in [0.3, 0.4) is 0 Å². The highest BCUT2D eigenvalue weighted by Gasteiger charge is 2.17. The fourth-order valence-corrected chi connectivity index (χ4v) is 7.38. The Bertz CT molecular complexity index is 2850. The van der Waals surface area contributed by atoms with Crippen molar-refractivity contribution in [2.24, 2.45) is 0 Å². The summed E-state index contributed by atoms with van der Waals surface area (Å²) in [6, 6.07) is 69.3. The largest absolute Gasteiger partial charge is 0.456 e. The molecule has 0 aliphatic carbocycles. The first kappa shape index (κ1) is 32.2. The van der Waals surface area contributed by atoms with E-state index in [-0.39, 0.29) is 0 Å². The molecule has 0 atom stereocenters. The number of nitrogens with zero attached hydrogens (tertiary/aromatic N) is 3. The van der Waals surface area contributed by atoms with E-state index in [0.29, 0.717) is 17.5 Å². The second-order valence-corrected chi connectivity index (χ2v) is 13.6. The summed E-state index contributed by atoms with van der Waals surface area (Å²) in [6.07, 6.45) is 0. The molecule has 2 aromatic heterocycles. The number of furan rings is 1. The van der Waals surface area contributed by atoms with Crippen molar-refractivity contribution in [3.05, 3.63) is 200 Å². The molecule has 0 fully saturated rings. The lowest BCUT2D eigenvalue weighted by atomic mass is 9.96. The van der Waals surface area contributed by atoms with Gasteiger partial charge in [0.05, 0.1) is 0 Å². The van der Waals surface area contributed by atoms with Gasteiger partial charge < -0.3 is 4.42 Å². The molecule has 258 valence electrons. The second kappa shape index (κ2) is 13.8. The third-order valence-corrected chi connectivity index (χ3v) is 10.1. The maximum absolute atomic E-state index is 6.56. The van der Waals surface area contributed by atoms with E-state index >= 15 is 0 Å². The monoisotopic (exact) mass is 703 g/mol. The average molecular weight is 704 g/mol. The van der Waals surface area contributed by atoms with Crippen molar-refractivity contribution < 1.29 is 4.42 Å². The van der Waals surface area contributed by atoms with E-state index in [2.05, 4.69) is 176 Å². The van der Waals surface area contributed by atoms with Crippen LogP contribution in [0.15, 0.2) is 205 Å². The van der Waals surface area contributed by atoms with Gasteiger partial charge in [0.25, 0.3) is 0 Å². The predicted octanol–water partition coefficient (Wildman–Crippen LogP) is 13.4. The summed E-state index contributed by atoms with van der Waals surface area (Å²) in [4.78, 5) is 15.3. The molecule has 10 aromatic rings. The Morgan fingerprint density at radius 1 is 0.273 bits per heavy atom. The van der Waals surface area contributed by atoms with Crippen LogP contribution in [0.1, 0.15) is 0 Å². The van der Waals surface area contributed by atoms with Gasteiger partial charge in [-0.05, 0) is 74.8 Å². The quantitative estimate of drug-likeness (QED) is 0.166. The first-order valence-corrected chi connectivity index (χ1v) is 18.4. The van der Waals surface area contributed by atoms with Gasteiger partial charge in [-0.3, -0.25) is 0 Å². The van der Waals surface area contributed by atoms with E-state index in [9.17, 15) is 0 Å². The molecule has 0 N–H and O–H groups in total. The van der Waals surface area contributed by atoms with Gasteiger partial charge in [-0.15, -0.1) is 0 Å². The second-order valence-electron chi connectivity index (χ2n) is 13.6. The Labute approximate surface area is 319 Å². The number of aromatic nitrogens is 3. The van der Waals surface area contributed by atoms with Crippen molar-refractivity contribution in [2.45, 2.75) is 0 Å². The van der Waals surface area contributed by atoms with Gasteiger partial charge in [-0.2, -0.15) is 0 Å². The summed E-state index contributed by atoms with van der Waals surface area (Å²) in [6.45, 7) is 0. The molecule has 0 saturated heterocycles. The van der Waals surface area contributed by atoms with Gasteiger partial charge in [0.1, 0.15) is 11.2 Å². The Morgan fingerprint density at radius 3 is 1.22 bits per heavy atom. The van der Waals surface area contributed by atoms with E-state index in [1.54, 1.807) is 0 Å². The van der Waals surface area contributed by atoms with Crippen LogP contribution in [0.5, 0.6) is 0 Å². The third kappa shape index (κ3) is 6.26. The van der Waals surface area contributed by atoms with Gasteiger partial charge in [0, 0.05) is 27.5 Å². The molecule has 0 saturated carbocycles. The van der Waals surface area contributed by atoms with Gasteiger partial charge >= 0.3 is 0 Å². The van der Waals surface area contributed by atoms with Gasteiger partial charge in [0.2, 0.25) is 0 Å². The molecule has 4 heteroatoms. The molecule has 8 aromatic carbocycles. The molecule has 2 heterocycles. The van der Waals surface area contributed by atoms with Crippen molar-refractivity contribution in [3.63, 3.8) is 0 Å². The molecule has 0 aliphatic heterocycles. The summed E-state index contributed by atoms with van der Waals surface area (Å²) >= 11 is 0. The van der Waals surface area contributed by atoms with Crippen molar-refractivity contribution in [3.8, 4) is 78.7 Å². The van der Waals surface area contributed by atoms with E-state index in [1.165, 1.54) is 11.1 Å². The molecule has 55 heavy (non-hydrogen) atoms. The molecule has 4 nitrogen and oxygen atoms in total. The van der Waals surface area contributed by atoms with E-state index < -0.39 is 0 Å². The molecule has 10 rings (SSSR count). The topological polar surface area (TPSA) is 51.8 Å². The van der Waals surface area contributed by atoms with Gasteiger partial charge in [-0.1, -0.05) is 170 Å². The lowest BCUT2D eigenvalue weighted by molar-refractivity contribution is 0.669. The summed E-state index contributed by atoms with van der Waals surface area (Å²) in [5, 5.41) is 2.13. The Balaban J connectivity index is 1.09. The normalized spacial score (nSPS) is 11.3. The van der Waals surface area contributed by atoms with E-state index in [1.807, 2.05) is 24.3 Å². The van der Waals surface area contributed by atoms with Crippen LogP contribution in [-0.4, -0.2) is 15.0 Å². The zero-order chi connectivity index (χ0) is 36.6. The van der Waals surface area contributed by atoms with Crippen LogP contribution in [0.25, 0.3) is 101 Å². The highest BCUT2D eigenvalue weighted by atomic mass is 16.3. The molecule has 0 bridgehead atoms. The summed E-state index contributed by atoms with van der Waals surface area (Å²) < 4.78 is 6.56. The maximum Gasteiger partial charge on any atom is 0.164 e. The van der Waals surface area contributed by atoms with Crippen LogP contribution < -0.4 is 0 Å². The fourth-order valence-electron chi connectivity index (χ4n) is 7.38. The number of hydrogen-bond acceptors (Lipinski definition) is 4. The van der Waals surface area contributed by atoms with E-state index in [0.717, 1.165) is 72.0 Å². The Kier molecular flexibility index (Phi) is 8.12. The summed E-state index contributed by atoms with van der Waals surface area (Å²) in [7, 11) is 0. The number of hydrogen-bond donors (Lipinski definition) is 0. The first-order valence-electron chi connectivity index (χ1n) is 18.4. The summed E-state index contributed by atoms with van der Waals surface area (Å²) in [5.41, 5.74) is 13.4. The number of fused-ring (bicyclic) bond motifs is 3. The van der Waals surface area contributed by atoms with Crippen molar-refractivity contribution in [2.75, 3.05) is 0 Å². The number of rotatable bonds is 7. The standard InChI is InChI=1S/C51H33N3O/c1-4-13-34(14-5-1)37-25-27-38(28-26-37)44-23-12-24-46-48(44)45-30-29-43(33-47(45)55-46)51-53-49(41-21-10-19-39(31-41)35-15-6-2-7-16-35)52-50(54-51)42-22-11-20-40(32-42)36-17-8-3-9-18-36/h1-33H. The summed E-state index contributed by atoms with van der Waals surface area (Å²) in [5.74, 6) is 1.79. The SMILES string of the molecule is c1ccc(-c2ccc(-c3cccc4oc5cc(-c6nc(-c7cccc(-c8ccccc8)c7)nc(-c7cccc(-c8ccccc8)c7)n6)ccc5c34)cc2)cc1. The molecule has 0 radical (unpaired) electrons. The van der Waals surface area contributed by atoms with Gasteiger partial charge in [-0.25, -0.2) is 15.0 Å². The zero-order valence-corrected chi connectivity index (χ0v) is 29.8. The number of benzene rings is 8. The average Bonchev–Trinajstić information content (AvgIpc) is 3.66. The van der Waals surface area contributed by atoms with Crippen molar-refractivity contribution >= 4 is 21.9 Å². The first-order chi connectivity index (χ1) is 27.2. The lowest BCUT2D eigenvalue weighted by Gasteiger charge is -2.11. The van der Waals surface area contributed by atoms with Crippen LogP contribution in [0, 0.1) is 0 Å². The maximum atomic E-state index is 6.56. The van der Waals surface area contributed by atoms with E-state index in [4.69, 9.17) is 19.4 Å². The molecule has 0 spiro atoms.